The minimum Gasteiger partial charge on any atom is -0.482 e. The number of anilines is 1. The fourth-order valence-corrected chi connectivity index (χ4v) is 4.83. The van der Waals surface area contributed by atoms with Crippen molar-refractivity contribution in [2.75, 3.05) is 31.9 Å². The number of amides is 1. The first-order valence-electron chi connectivity index (χ1n) is 11.5. The second kappa shape index (κ2) is 11.2. The standard InChI is InChI=1S/C26H27Cl2FN4O2/c1-16(23-20(27)7-8-21(29)24(23)28)35-22-14-19(15-32-25(22)30)17-5-4-6-18(13-17)26(34)31-9-12-33-10-2-3-11-33/h4-8,13-16H,2-3,9-12H2,1H3,(H2,30,32)(H,31,34). The number of hydrogen-bond donors (Lipinski definition) is 2. The molecule has 6 nitrogen and oxygen atoms in total. The van der Waals surface area contributed by atoms with Gasteiger partial charge in [0.05, 0.1) is 5.02 Å². The van der Waals surface area contributed by atoms with Crippen LogP contribution in [0.15, 0.2) is 48.7 Å². The summed E-state index contributed by atoms with van der Waals surface area (Å²) in [6, 6.07) is 11.6. The molecule has 1 unspecified atom stereocenters. The third-order valence-corrected chi connectivity index (χ3v) is 6.76. The lowest BCUT2D eigenvalue weighted by Crippen LogP contribution is -2.33. The van der Waals surface area contributed by atoms with Gasteiger partial charge in [-0.25, -0.2) is 9.37 Å². The number of nitrogens with two attached hydrogens (primary N) is 1. The van der Waals surface area contributed by atoms with Crippen LogP contribution in [0.4, 0.5) is 10.2 Å². The van der Waals surface area contributed by atoms with Crippen LogP contribution in [0, 0.1) is 5.82 Å². The summed E-state index contributed by atoms with van der Waals surface area (Å²) in [4.78, 5) is 19.3. The number of likely N-dealkylation sites (tertiary alicyclic amines) is 1. The number of carbonyl (C=O) groups excluding carboxylic acids is 1. The molecule has 0 radical (unpaired) electrons. The number of aromatic nitrogens is 1. The molecule has 1 saturated heterocycles. The molecular weight excluding hydrogens is 490 g/mol. The molecule has 3 N–H and O–H groups in total. The van der Waals surface area contributed by atoms with Gasteiger partial charge in [-0.3, -0.25) is 4.79 Å². The molecule has 1 fully saturated rings. The maximum absolute atomic E-state index is 14.0. The first kappa shape index (κ1) is 25.2. The van der Waals surface area contributed by atoms with Gasteiger partial charge in [-0.15, -0.1) is 0 Å². The number of nitrogens with one attached hydrogen (secondary N) is 1. The van der Waals surface area contributed by atoms with Gasteiger partial charge in [-0.2, -0.15) is 0 Å². The van der Waals surface area contributed by atoms with Gasteiger partial charge in [0.25, 0.3) is 5.91 Å². The van der Waals surface area contributed by atoms with Crippen LogP contribution >= 0.6 is 23.2 Å². The van der Waals surface area contributed by atoms with E-state index in [1.165, 1.54) is 25.0 Å². The zero-order valence-electron chi connectivity index (χ0n) is 19.4. The Labute approximate surface area is 214 Å². The summed E-state index contributed by atoms with van der Waals surface area (Å²) in [6.45, 7) is 5.34. The van der Waals surface area contributed by atoms with Crippen molar-refractivity contribution in [1.29, 1.82) is 0 Å². The van der Waals surface area contributed by atoms with Gasteiger partial charge in [0, 0.05) is 41.0 Å². The molecule has 35 heavy (non-hydrogen) atoms. The Hall–Kier alpha value is -2.87. The maximum Gasteiger partial charge on any atom is 0.251 e. The van der Waals surface area contributed by atoms with E-state index in [4.69, 9.17) is 33.7 Å². The average molecular weight is 517 g/mol. The van der Waals surface area contributed by atoms with Crippen LogP contribution in [0.5, 0.6) is 5.75 Å². The van der Waals surface area contributed by atoms with Crippen LogP contribution in [0.3, 0.4) is 0 Å². The first-order valence-corrected chi connectivity index (χ1v) is 12.3. The number of halogens is 3. The molecule has 1 aliphatic heterocycles. The molecule has 9 heteroatoms. The van der Waals surface area contributed by atoms with Crippen LogP contribution < -0.4 is 15.8 Å². The van der Waals surface area contributed by atoms with Crippen molar-refractivity contribution in [3.8, 4) is 16.9 Å². The number of benzene rings is 2. The van der Waals surface area contributed by atoms with Crippen LogP contribution in [0.1, 0.15) is 41.8 Å². The average Bonchev–Trinajstić information content (AvgIpc) is 3.37. The highest BCUT2D eigenvalue weighted by atomic mass is 35.5. The lowest BCUT2D eigenvalue weighted by Gasteiger charge is -2.19. The highest BCUT2D eigenvalue weighted by Gasteiger charge is 2.20. The van der Waals surface area contributed by atoms with Gasteiger partial charge in [0.2, 0.25) is 0 Å². The maximum atomic E-state index is 14.0. The molecular formula is C26H27Cl2FN4O2. The highest BCUT2D eigenvalue weighted by molar-refractivity contribution is 6.36. The van der Waals surface area contributed by atoms with Crippen molar-refractivity contribution in [2.45, 2.75) is 25.9 Å². The Morgan fingerprint density at radius 3 is 2.74 bits per heavy atom. The van der Waals surface area contributed by atoms with Crippen molar-refractivity contribution in [1.82, 2.24) is 15.2 Å². The molecule has 1 amide bonds. The third kappa shape index (κ3) is 6.04. The summed E-state index contributed by atoms with van der Waals surface area (Å²) in [7, 11) is 0. The predicted molar refractivity (Wildman–Crippen MR) is 138 cm³/mol. The summed E-state index contributed by atoms with van der Waals surface area (Å²) in [6.07, 6.45) is 3.37. The molecule has 1 atom stereocenters. The zero-order chi connectivity index (χ0) is 24.9. The van der Waals surface area contributed by atoms with Crippen molar-refractivity contribution < 1.29 is 13.9 Å². The number of nitrogen functional groups attached to an aromatic ring is 1. The monoisotopic (exact) mass is 516 g/mol. The van der Waals surface area contributed by atoms with Gasteiger partial charge in [0.1, 0.15) is 11.9 Å². The smallest absolute Gasteiger partial charge is 0.251 e. The number of hydrogen-bond acceptors (Lipinski definition) is 5. The third-order valence-electron chi connectivity index (χ3n) is 6.04. The molecule has 1 aliphatic rings. The normalized spacial score (nSPS) is 14.6. The molecule has 2 heterocycles. The summed E-state index contributed by atoms with van der Waals surface area (Å²) in [5.74, 6) is -0.251. The summed E-state index contributed by atoms with van der Waals surface area (Å²) < 4.78 is 19.9. The molecule has 184 valence electrons. The lowest BCUT2D eigenvalue weighted by atomic mass is 10.0. The number of nitrogens with zero attached hydrogens (tertiary/aromatic N) is 2. The second-order valence-corrected chi connectivity index (χ2v) is 9.29. The molecule has 0 bridgehead atoms. The molecule has 2 aromatic carbocycles. The minimum absolute atomic E-state index is 0.101. The Kier molecular flexibility index (Phi) is 8.11. The molecule has 0 saturated carbocycles. The number of carbonyl (C=O) groups is 1. The van der Waals surface area contributed by atoms with E-state index in [2.05, 4.69) is 15.2 Å². The Morgan fingerprint density at radius 1 is 1.20 bits per heavy atom. The van der Waals surface area contributed by atoms with E-state index in [0.717, 1.165) is 25.2 Å². The highest BCUT2D eigenvalue weighted by Crippen LogP contribution is 2.37. The topological polar surface area (TPSA) is 80.5 Å². The van der Waals surface area contributed by atoms with Gasteiger partial charge < -0.3 is 20.7 Å². The van der Waals surface area contributed by atoms with Gasteiger partial charge in [-0.1, -0.05) is 35.3 Å². The predicted octanol–water partition coefficient (Wildman–Crippen LogP) is 5.74. The minimum atomic E-state index is -0.683. The largest absolute Gasteiger partial charge is 0.482 e. The van der Waals surface area contributed by atoms with Gasteiger partial charge in [0.15, 0.2) is 11.6 Å². The van der Waals surface area contributed by atoms with E-state index >= 15 is 0 Å². The van der Waals surface area contributed by atoms with Gasteiger partial charge >= 0.3 is 0 Å². The van der Waals surface area contributed by atoms with E-state index in [-0.39, 0.29) is 21.8 Å². The van der Waals surface area contributed by atoms with Crippen molar-refractivity contribution in [3.63, 3.8) is 0 Å². The molecule has 0 aliphatic carbocycles. The number of rotatable bonds is 8. The molecule has 3 aromatic rings. The fourth-order valence-electron chi connectivity index (χ4n) is 4.15. The Balaban J connectivity index is 1.49. The SMILES string of the molecule is CC(Oc1cc(-c2cccc(C(=O)NCCN3CCCC3)c2)cnc1N)c1c(Cl)ccc(F)c1Cl. The van der Waals surface area contributed by atoms with Crippen molar-refractivity contribution in [3.05, 3.63) is 75.7 Å². The quantitative estimate of drug-likeness (QED) is 0.373. The number of pyridine rings is 1. The van der Waals surface area contributed by atoms with Crippen LogP contribution in [0.2, 0.25) is 10.0 Å². The lowest BCUT2D eigenvalue weighted by molar-refractivity contribution is 0.0950. The van der Waals surface area contributed by atoms with Crippen LogP contribution in [0.25, 0.3) is 11.1 Å². The van der Waals surface area contributed by atoms with Crippen LogP contribution in [-0.2, 0) is 0 Å². The fraction of sp³-hybridized carbons (Fsp3) is 0.308. The number of ether oxygens (including phenoxy) is 1. The summed E-state index contributed by atoms with van der Waals surface area (Å²) >= 11 is 12.4. The Morgan fingerprint density at radius 2 is 1.97 bits per heavy atom. The first-order chi connectivity index (χ1) is 16.8. The van der Waals surface area contributed by atoms with E-state index in [0.29, 0.717) is 29.0 Å². The molecule has 0 spiro atoms. The second-order valence-electron chi connectivity index (χ2n) is 8.51. The molecule has 4 rings (SSSR count). The van der Waals surface area contributed by atoms with Crippen molar-refractivity contribution >= 4 is 34.9 Å². The summed E-state index contributed by atoms with van der Waals surface area (Å²) in [5.41, 5.74) is 8.41. The van der Waals surface area contributed by atoms with Gasteiger partial charge in [-0.05, 0) is 68.8 Å². The van der Waals surface area contributed by atoms with E-state index in [9.17, 15) is 9.18 Å². The van der Waals surface area contributed by atoms with E-state index in [1.54, 1.807) is 31.3 Å². The zero-order valence-corrected chi connectivity index (χ0v) is 20.9. The van der Waals surface area contributed by atoms with E-state index < -0.39 is 11.9 Å². The Bertz CT molecular complexity index is 1220. The van der Waals surface area contributed by atoms with Crippen molar-refractivity contribution in [2.24, 2.45) is 0 Å². The molecule has 1 aromatic heterocycles. The van der Waals surface area contributed by atoms with E-state index in [1.807, 2.05) is 12.1 Å². The van der Waals surface area contributed by atoms with Crippen LogP contribution in [-0.4, -0.2) is 42.0 Å². The summed E-state index contributed by atoms with van der Waals surface area (Å²) in [5, 5.41) is 3.17.